The molecule has 4 heteroatoms. The summed E-state index contributed by atoms with van der Waals surface area (Å²) in [6, 6.07) is 9.95. The summed E-state index contributed by atoms with van der Waals surface area (Å²) in [5, 5.41) is 0. The van der Waals surface area contributed by atoms with Crippen molar-refractivity contribution < 1.29 is 9.59 Å². The summed E-state index contributed by atoms with van der Waals surface area (Å²) in [6.07, 6.45) is 2.81. The van der Waals surface area contributed by atoms with Crippen molar-refractivity contribution in [2.45, 2.75) is 25.7 Å². The summed E-state index contributed by atoms with van der Waals surface area (Å²) in [6.45, 7) is 5.46. The van der Waals surface area contributed by atoms with Gasteiger partial charge >= 0.3 is 0 Å². The summed E-state index contributed by atoms with van der Waals surface area (Å²) in [7, 11) is 0. The highest BCUT2D eigenvalue weighted by Crippen LogP contribution is 2.49. The van der Waals surface area contributed by atoms with E-state index in [2.05, 4.69) is 22.6 Å². The number of allylic oxidation sites excluding steroid dienone is 1. The number of nitrogens with zero attached hydrogens (tertiary/aromatic N) is 1. The lowest BCUT2D eigenvalue weighted by Gasteiger charge is -2.49. The summed E-state index contributed by atoms with van der Waals surface area (Å²) in [5.74, 6) is 0.261. The van der Waals surface area contributed by atoms with Crippen molar-refractivity contribution in [3.8, 4) is 0 Å². The fourth-order valence-electron chi connectivity index (χ4n) is 3.97. The van der Waals surface area contributed by atoms with Crippen molar-refractivity contribution >= 4 is 34.3 Å². The van der Waals surface area contributed by atoms with E-state index in [1.165, 1.54) is 0 Å². The number of likely N-dealkylation sites (N-methyl/N-ethyl adjacent to an activating group) is 1. The van der Waals surface area contributed by atoms with Gasteiger partial charge in [0.25, 0.3) is 0 Å². The number of fused-ring (bicyclic) bond motifs is 1. The number of amides is 1. The second-order valence-corrected chi connectivity index (χ2v) is 7.32. The lowest BCUT2D eigenvalue weighted by atomic mass is 9.58. The maximum atomic E-state index is 13.3. The lowest BCUT2D eigenvalue weighted by Crippen LogP contribution is -2.59. The highest BCUT2D eigenvalue weighted by Gasteiger charge is 2.55. The average molecular weight is 409 g/mol. The summed E-state index contributed by atoms with van der Waals surface area (Å²) >= 11 is 2.09. The Hall–Kier alpha value is -1.17. The van der Waals surface area contributed by atoms with E-state index in [1.54, 1.807) is 0 Å². The predicted molar refractivity (Wildman–Crippen MR) is 94.8 cm³/mol. The molecule has 116 valence electrons. The van der Waals surface area contributed by atoms with Gasteiger partial charge in [-0.2, -0.15) is 0 Å². The molecule has 0 saturated carbocycles. The van der Waals surface area contributed by atoms with Crippen molar-refractivity contribution in [3.05, 3.63) is 45.6 Å². The van der Waals surface area contributed by atoms with Gasteiger partial charge in [-0.15, -0.1) is 0 Å². The molecule has 3 rings (SSSR count). The van der Waals surface area contributed by atoms with Crippen LogP contribution in [-0.2, 0) is 15.0 Å². The molecule has 1 saturated heterocycles. The molecule has 1 aromatic rings. The molecule has 1 aromatic carbocycles. The molecule has 0 spiro atoms. The quantitative estimate of drug-likeness (QED) is 0.703. The molecule has 3 nitrogen and oxygen atoms in total. The fraction of sp³-hybridized carbons (Fsp3) is 0.444. The molecule has 1 aliphatic heterocycles. The van der Waals surface area contributed by atoms with Crippen LogP contribution in [0.2, 0.25) is 0 Å². The topological polar surface area (TPSA) is 37.4 Å². The van der Waals surface area contributed by atoms with Gasteiger partial charge in [0.05, 0.1) is 8.99 Å². The minimum Gasteiger partial charge on any atom is -0.342 e. The molecule has 0 bridgehead atoms. The molecule has 22 heavy (non-hydrogen) atoms. The molecule has 1 aliphatic carbocycles. The number of carbonyl (C=O) groups is 2. The van der Waals surface area contributed by atoms with Gasteiger partial charge in [0, 0.05) is 19.0 Å². The predicted octanol–water partition coefficient (Wildman–Crippen LogP) is 3.33. The van der Waals surface area contributed by atoms with E-state index in [4.69, 9.17) is 0 Å². The van der Waals surface area contributed by atoms with Crippen LogP contribution in [0.4, 0.5) is 0 Å². The van der Waals surface area contributed by atoms with Gasteiger partial charge in [0.1, 0.15) is 0 Å². The molecule has 1 fully saturated rings. The Morgan fingerprint density at radius 3 is 2.59 bits per heavy atom. The smallest absolute Gasteiger partial charge is 0.237 e. The number of rotatable bonds is 2. The van der Waals surface area contributed by atoms with Gasteiger partial charge in [0.15, 0.2) is 5.78 Å². The maximum Gasteiger partial charge on any atom is 0.237 e. The fourth-order valence-corrected chi connectivity index (χ4v) is 4.95. The van der Waals surface area contributed by atoms with Crippen molar-refractivity contribution in [1.82, 2.24) is 4.90 Å². The summed E-state index contributed by atoms with van der Waals surface area (Å²) < 4.78 is 0.691. The van der Waals surface area contributed by atoms with E-state index < -0.39 is 5.41 Å². The molecule has 3 atom stereocenters. The Morgan fingerprint density at radius 1 is 1.27 bits per heavy atom. The van der Waals surface area contributed by atoms with Crippen LogP contribution in [0.3, 0.4) is 0 Å². The first-order valence-corrected chi connectivity index (χ1v) is 8.87. The first kappa shape index (κ1) is 15.7. The number of hydrogen-bond acceptors (Lipinski definition) is 2. The van der Waals surface area contributed by atoms with Gasteiger partial charge in [-0.3, -0.25) is 9.59 Å². The molecule has 0 N–H and O–H groups in total. The standard InChI is InChI=1S/C18H20INO2/c1-3-20-10-9-14-12(2)16(21)15(19)11-18(14,17(20)22)13-7-5-4-6-8-13/h4-8,11-12,14H,3,9-10H2,1-2H3/t12-,14-,18+/m0/s1. The third kappa shape index (κ3) is 2.14. The minimum absolute atomic E-state index is 0.0521. The van der Waals surface area contributed by atoms with Crippen LogP contribution in [0.1, 0.15) is 25.8 Å². The number of ketones is 1. The van der Waals surface area contributed by atoms with Gasteiger partial charge in [-0.1, -0.05) is 37.3 Å². The van der Waals surface area contributed by atoms with Gasteiger partial charge in [0.2, 0.25) is 5.91 Å². The molecular weight excluding hydrogens is 389 g/mol. The second kappa shape index (κ2) is 5.80. The number of carbonyl (C=O) groups excluding carboxylic acids is 2. The van der Waals surface area contributed by atoms with Crippen molar-refractivity contribution in [1.29, 1.82) is 0 Å². The number of hydrogen-bond donors (Lipinski definition) is 0. The number of Topliss-reactive ketones (excluding diaryl/α,β-unsaturated/α-hetero) is 1. The van der Waals surface area contributed by atoms with Crippen LogP contribution < -0.4 is 0 Å². The maximum absolute atomic E-state index is 13.3. The molecular formula is C18H20INO2. The number of piperidine rings is 1. The Labute approximate surface area is 144 Å². The number of halogens is 1. The molecule has 0 unspecified atom stereocenters. The Morgan fingerprint density at radius 2 is 1.95 bits per heavy atom. The Balaban J connectivity index is 2.24. The van der Waals surface area contributed by atoms with E-state index in [0.29, 0.717) is 10.1 Å². The highest BCUT2D eigenvalue weighted by molar-refractivity contribution is 14.1. The van der Waals surface area contributed by atoms with E-state index >= 15 is 0 Å². The third-order valence-electron chi connectivity index (χ3n) is 5.18. The molecule has 2 aliphatic rings. The minimum atomic E-state index is -0.681. The largest absolute Gasteiger partial charge is 0.342 e. The van der Waals surface area contributed by atoms with Crippen LogP contribution in [0.15, 0.2) is 40.0 Å². The summed E-state index contributed by atoms with van der Waals surface area (Å²) in [5.41, 5.74) is 0.330. The van der Waals surface area contributed by atoms with E-state index in [0.717, 1.165) is 18.5 Å². The zero-order chi connectivity index (χ0) is 15.9. The molecule has 0 aromatic heterocycles. The van der Waals surface area contributed by atoms with Crippen LogP contribution in [-0.4, -0.2) is 29.7 Å². The highest BCUT2D eigenvalue weighted by atomic mass is 127. The van der Waals surface area contributed by atoms with Crippen molar-refractivity contribution in [2.24, 2.45) is 11.8 Å². The molecule has 1 amide bonds. The molecule has 1 heterocycles. The van der Waals surface area contributed by atoms with Crippen LogP contribution in [0.5, 0.6) is 0 Å². The monoisotopic (exact) mass is 409 g/mol. The average Bonchev–Trinajstić information content (AvgIpc) is 2.55. The zero-order valence-electron chi connectivity index (χ0n) is 12.9. The summed E-state index contributed by atoms with van der Waals surface area (Å²) in [4.78, 5) is 27.6. The third-order valence-corrected chi connectivity index (χ3v) is 6.02. The van der Waals surface area contributed by atoms with Gasteiger partial charge in [-0.05, 0) is 53.5 Å². The zero-order valence-corrected chi connectivity index (χ0v) is 15.0. The number of benzene rings is 1. The first-order chi connectivity index (χ1) is 10.5. The normalized spacial score (nSPS) is 31.8. The van der Waals surface area contributed by atoms with Crippen LogP contribution in [0, 0.1) is 11.8 Å². The van der Waals surface area contributed by atoms with E-state index in [-0.39, 0.29) is 23.5 Å². The van der Waals surface area contributed by atoms with Crippen LogP contribution >= 0.6 is 22.6 Å². The van der Waals surface area contributed by atoms with E-state index in [1.807, 2.05) is 55.2 Å². The van der Waals surface area contributed by atoms with Crippen molar-refractivity contribution in [2.75, 3.05) is 13.1 Å². The van der Waals surface area contributed by atoms with Gasteiger partial charge < -0.3 is 4.90 Å². The van der Waals surface area contributed by atoms with E-state index in [9.17, 15) is 9.59 Å². The van der Waals surface area contributed by atoms with Gasteiger partial charge in [-0.25, -0.2) is 0 Å². The Bertz CT molecular complexity index is 640. The number of likely N-dealkylation sites (tertiary alicyclic amines) is 1. The lowest BCUT2D eigenvalue weighted by molar-refractivity contribution is -0.144. The van der Waals surface area contributed by atoms with Crippen molar-refractivity contribution in [3.63, 3.8) is 0 Å². The Kier molecular flexibility index (Phi) is 4.14. The first-order valence-electron chi connectivity index (χ1n) is 7.79. The molecule has 0 radical (unpaired) electrons. The SMILES string of the molecule is CCN1CC[C@H]2[C@H](C)C(=O)C(I)=C[C@]2(c2ccccc2)C1=O. The second-order valence-electron chi connectivity index (χ2n) is 6.16. The van der Waals surface area contributed by atoms with Crippen LogP contribution in [0.25, 0.3) is 0 Å².